The number of hydrogen-bond donors (Lipinski definition) is 1. The lowest BCUT2D eigenvalue weighted by molar-refractivity contribution is 0.306. The highest BCUT2D eigenvalue weighted by molar-refractivity contribution is 5.80. The summed E-state index contributed by atoms with van der Waals surface area (Å²) in [5.41, 5.74) is 3.15. The second-order valence-corrected chi connectivity index (χ2v) is 6.23. The monoisotopic (exact) mass is 347 g/mol. The number of aromatic nitrogens is 1. The Balaban J connectivity index is 1.51. The second kappa shape index (κ2) is 6.96. The van der Waals surface area contributed by atoms with E-state index < -0.39 is 0 Å². The predicted molar refractivity (Wildman–Crippen MR) is 103 cm³/mol. The zero-order chi connectivity index (χ0) is 17.9. The van der Waals surface area contributed by atoms with Crippen molar-refractivity contribution in [2.75, 3.05) is 23.0 Å². The first kappa shape index (κ1) is 16.3. The predicted octanol–water partition coefficient (Wildman–Crippen LogP) is 4.30. The van der Waals surface area contributed by atoms with Crippen molar-refractivity contribution in [1.29, 1.82) is 0 Å². The Bertz CT molecular complexity index is 882. The third-order valence-corrected chi connectivity index (χ3v) is 4.52. The zero-order valence-corrected chi connectivity index (χ0v) is 14.7. The molecule has 0 saturated carbocycles. The van der Waals surface area contributed by atoms with Gasteiger partial charge >= 0.3 is 0 Å². The van der Waals surface area contributed by atoms with Crippen LogP contribution >= 0.6 is 0 Å². The fraction of sp³-hybridized carbons (Fsp3) is 0.190. The van der Waals surface area contributed by atoms with Gasteiger partial charge in [-0.05, 0) is 36.8 Å². The molecule has 1 N–H and O–H groups in total. The summed E-state index contributed by atoms with van der Waals surface area (Å²) in [4.78, 5) is 8.74. The topological polar surface area (TPSA) is 48.8 Å². The van der Waals surface area contributed by atoms with E-state index >= 15 is 0 Å². The molecule has 26 heavy (non-hydrogen) atoms. The van der Waals surface area contributed by atoms with Gasteiger partial charge in [0.05, 0.1) is 18.6 Å². The van der Waals surface area contributed by atoms with Crippen molar-refractivity contribution in [3.63, 3.8) is 0 Å². The smallest absolute Gasteiger partial charge is 0.158 e. The Morgan fingerprint density at radius 3 is 2.58 bits per heavy atom. The fourth-order valence-electron chi connectivity index (χ4n) is 3.13. The van der Waals surface area contributed by atoms with Gasteiger partial charge in [0.25, 0.3) is 0 Å². The fourth-order valence-corrected chi connectivity index (χ4v) is 3.13. The number of pyridine rings is 1. The number of hydrogen-bond acceptors (Lipinski definition) is 5. The van der Waals surface area contributed by atoms with Crippen molar-refractivity contribution in [2.24, 2.45) is 0 Å². The first-order valence-corrected chi connectivity index (χ1v) is 8.73. The molecular formula is C21H21N3O2. The molecule has 0 aliphatic carbocycles. The molecule has 0 spiro atoms. The van der Waals surface area contributed by atoms with Crippen LogP contribution in [-0.4, -0.2) is 23.3 Å². The quantitative estimate of drug-likeness (QED) is 0.746. The summed E-state index contributed by atoms with van der Waals surface area (Å²) in [5.74, 6) is 1.89. The van der Waals surface area contributed by atoms with E-state index in [2.05, 4.69) is 33.8 Å². The van der Waals surface area contributed by atoms with Crippen LogP contribution in [0, 0.1) is 0 Å². The first-order valence-electron chi connectivity index (χ1n) is 8.73. The molecule has 5 nitrogen and oxygen atoms in total. The highest BCUT2D eigenvalue weighted by Crippen LogP contribution is 2.40. The molecule has 1 aliphatic heterocycles. The van der Waals surface area contributed by atoms with Gasteiger partial charge in [0.15, 0.2) is 5.82 Å². The van der Waals surface area contributed by atoms with Crippen molar-refractivity contribution < 1.29 is 9.84 Å². The van der Waals surface area contributed by atoms with E-state index in [4.69, 9.17) is 4.74 Å². The molecule has 0 bridgehead atoms. The molecule has 3 aromatic rings. The van der Waals surface area contributed by atoms with Crippen LogP contribution < -0.4 is 14.5 Å². The Labute approximate surface area is 153 Å². The molecule has 0 saturated heterocycles. The standard InChI is InChI=1S/C21H21N3O2/c1-2-23-15-24(21-20(23)12-18(25)13-22-21)17-8-10-19(11-9-17)26-14-16-6-4-3-5-7-16/h3-13,25H,2,14-15H2,1H3. The van der Waals surface area contributed by atoms with Crippen LogP contribution in [-0.2, 0) is 6.61 Å². The minimum absolute atomic E-state index is 0.189. The van der Waals surface area contributed by atoms with Gasteiger partial charge in [-0.1, -0.05) is 30.3 Å². The van der Waals surface area contributed by atoms with Gasteiger partial charge in [0, 0.05) is 18.3 Å². The highest BCUT2D eigenvalue weighted by Gasteiger charge is 2.27. The van der Waals surface area contributed by atoms with Crippen LogP contribution in [0.1, 0.15) is 12.5 Å². The molecule has 0 radical (unpaired) electrons. The molecule has 1 aromatic heterocycles. The van der Waals surface area contributed by atoms with E-state index in [-0.39, 0.29) is 5.75 Å². The molecule has 4 rings (SSSR count). The molecule has 0 amide bonds. The van der Waals surface area contributed by atoms with E-state index in [9.17, 15) is 5.11 Å². The van der Waals surface area contributed by atoms with Gasteiger partial charge in [-0.15, -0.1) is 0 Å². The highest BCUT2D eigenvalue weighted by atomic mass is 16.5. The normalized spacial score (nSPS) is 13.0. The summed E-state index contributed by atoms with van der Waals surface area (Å²) < 4.78 is 5.86. The van der Waals surface area contributed by atoms with Crippen molar-refractivity contribution >= 4 is 17.2 Å². The summed E-state index contributed by atoms with van der Waals surface area (Å²) in [7, 11) is 0. The summed E-state index contributed by atoms with van der Waals surface area (Å²) in [6.45, 7) is 4.22. The second-order valence-electron chi connectivity index (χ2n) is 6.23. The van der Waals surface area contributed by atoms with E-state index in [0.717, 1.165) is 35.1 Å². The summed E-state index contributed by atoms with van der Waals surface area (Å²) in [6, 6.07) is 19.9. The molecule has 2 heterocycles. The average molecular weight is 347 g/mol. The molecule has 1 aliphatic rings. The van der Waals surface area contributed by atoms with E-state index in [1.807, 2.05) is 42.5 Å². The largest absolute Gasteiger partial charge is 0.506 e. The summed E-state index contributed by atoms with van der Waals surface area (Å²) >= 11 is 0. The minimum Gasteiger partial charge on any atom is -0.506 e. The average Bonchev–Trinajstić information content (AvgIpc) is 3.05. The van der Waals surface area contributed by atoms with Crippen molar-refractivity contribution in [3.05, 3.63) is 72.4 Å². The third-order valence-electron chi connectivity index (χ3n) is 4.52. The van der Waals surface area contributed by atoms with Gasteiger partial charge in [0.1, 0.15) is 18.1 Å². The lowest BCUT2D eigenvalue weighted by Gasteiger charge is -2.20. The van der Waals surface area contributed by atoms with Crippen LogP contribution in [0.4, 0.5) is 17.2 Å². The Morgan fingerprint density at radius 2 is 1.85 bits per heavy atom. The third kappa shape index (κ3) is 3.16. The Kier molecular flexibility index (Phi) is 4.35. The number of benzene rings is 2. The summed E-state index contributed by atoms with van der Waals surface area (Å²) in [6.07, 6.45) is 1.49. The Hall–Kier alpha value is -3.21. The van der Waals surface area contributed by atoms with Crippen LogP contribution in [0.15, 0.2) is 66.9 Å². The van der Waals surface area contributed by atoms with Crippen LogP contribution in [0.2, 0.25) is 0 Å². The maximum atomic E-state index is 9.73. The molecular weight excluding hydrogens is 326 g/mol. The van der Waals surface area contributed by atoms with Crippen molar-refractivity contribution in [2.45, 2.75) is 13.5 Å². The van der Waals surface area contributed by atoms with Gasteiger partial charge < -0.3 is 19.6 Å². The SMILES string of the molecule is CCN1CN(c2ccc(OCc3ccccc3)cc2)c2ncc(O)cc21. The van der Waals surface area contributed by atoms with E-state index in [0.29, 0.717) is 13.3 Å². The lowest BCUT2D eigenvalue weighted by atomic mass is 10.2. The molecule has 0 unspecified atom stereocenters. The number of aromatic hydroxyl groups is 1. The van der Waals surface area contributed by atoms with Crippen molar-refractivity contribution in [3.8, 4) is 11.5 Å². The van der Waals surface area contributed by atoms with E-state index in [1.165, 1.54) is 6.20 Å². The zero-order valence-electron chi connectivity index (χ0n) is 14.7. The van der Waals surface area contributed by atoms with Gasteiger partial charge in [0.2, 0.25) is 0 Å². The first-order chi connectivity index (χ1) is 12.7. The number of fused-ring (bicyclic) bond motifs is 1. The number of anilines is 3. The number of ether oxygens (including phenoxy) is 1. The number of nitrogens with zero attached hydrogens (tertiary/aromatic N) is 3. The van der Waals surface area contributed by atoms with Gasteiger partial charge in [-0.25, -0.2) is 4.98 Å². The summed E-state index contributed by atoms with van der Waals surface area (Å²) in [5, 5.41) is 9.73. The maximum Gasteiger partial charge on any atom is 0.158 e. The lowest BCUT2D eigenvalue weighted by Crippen LogP contribution is -2.27. The minimum atomic E-state index is 0.189. The van der Waals surface area contributed by atoms with E-state index in [1.54, 1.807) is 6.07 Å². The molecule has 0 fully saturated rings. The van der Waals surface area contributed by atoms with Crippen molar-refractivity contribution in [1.82, 2.24) is 4.98 Å². The molecule has 2 aromatic carbocycles. The van der Waals surface area contributed by atoms with Crippen LogP contribution in [0.3, 0.4) is 0 Å². The van der Waals surface area contributed by atoms with Gasteiger partial charge in [-0.2, -0.15) is 0 Å². The van der Waals surface area contributed by atoms with Crippen LogP contribution in [0.5, 0.6) is 11.5 Å². The molecule has 0 atom stereocenters. The molecule has 5 heteroatoms. The maximum absolute atomic E-state index is 9.73. The number of rotatable bonds is 5. The Morgan fingerprint density at radius 1 is 1.08 bits per heavy atom. The van der Waals surface area contributed by atoms with Gasteiger partial charge in [-0.3, -0.25) is 0 Å². The van der Waals surface area contributed by atoms with Crippen LogP contribution in [0.25, 0.3) is 0 Å². The molecule has 132 valence electrons.